The van der Waals surface area contributed by atoms with Crippen LogP contribution in [0.2, 0.25) is 0 Å². The molecule has 26 heavy (non-hydrogen) atoms. The first-order chi connectivity index (χ1) is 12.7. The third-order valence-corrected chi connectivity index (χ3v) is 4.20. The van der Waals surface area contributed by atoms with Gasteiger partial charge in [0, 0.05) is 12.1 Å². The summed E-state index contributed by atoms with van der Waals surface area (Å²) in [6, 6.07) is 10.9. The van der Waals surface area contributed by atoms with Gasteiger partial charge in [-0.1, -0.05) is 24.3 Å². The van der Waals surface area contributed by atoms with Gasteiger partial charge in [0.15, 0.2) is 5.82 Å². The fourth-order valence-corrected chi connectivity index (χ4v) is 2.87. The number of methoxy groups -OCH3 is 1. The van der Waals surface area contributed by atoms with Crippen molar-refractivity contribution in [1.82, 2.24) is 19.7 Å². The van der Waals surface area contributed by atoms with Crippen LogP contribution in [0.5, 0.6) is 5.75 Å². The van der Waals surface area contributed by atoms with Crippen molar-refractivity contribution in [2.45, 2.75) is 13.0 Å². The van der Waals surface area contributed by atoms with Gasteiger partial charge in [-0.15, -0.1) is 10.2 Å². The number of nitrogens with one attached hydrogen (secondary N) is 1. The molecule has 4 rings (SSSR count). The van der Waals surface area contributed by atoms with E-state index in [4.69, 9.17) is 4.74 Å². The van der Waals surface area contributed by atoms with Crippen molar-refractivity contribution in [3.05, 3.63) is 66.0 Å². The molecule has 0 saturated heterocycles. The Kier molecular flexibility index (Phi) is 4.18. The fraction of sp³-hybridized carbons (Fsp3) is 0.158. The lowest BCUT2D eigenvalue weighted by Crippen LogP contribution is -2.15. The molecule has 3 aromatic rings. The molecule has 0 unspecified atom stereocenters. The van der Waals surface area contributed by atoms with Gasteiger partial charge >= 0.3 is 0 Å². The summed E-state index contributed by atoms with van der Waals surface area (Å²) < 4.78 is 7.18. The van der Waals surface area contributed by atoms with Gasteiger partial charge < -0.3 is 14.6 Å². The van der Waals surface area contributed by atoms with Crippen LogP contribution >= 0.6 is 0 Å². The van der Waals surface area contributed by atoms with E-state index in [0.717, 1.165) is 5.56 Å². The van der Waals surface area contributed by atoms with Crippen LogP contribution in [0.3, 0.4) is 0 Å². The van der Waals surface area contributed by atoms with Gasteiger partial charge in [-0.05, 0) is 36.2 Å². The van der Waals surface area contributed by atoms with Crippen LogP contribution in [0.15, 0.2) is 54.9 Å². The highest BCUT2D eigenvalue weighted by molar-refractivity contribution is 6.05. The number of carbonyl (C=O) groups is 1. The Morgan fingerprint density at radius 1 is 1.19 bits per heavy atom. The Morgan fingerprint density at radius 2 is 2.12 bits per heavy atom. The molecule has 0 saturated carbocycles. The summed E-state index contributed by atoms with van der Waals surface area (Å²) >= 11 is 0. The molecule has 2 bridgehead atoms. The molecule has 0 radical (unpaired) electrons. The van der Waals surface area contributed by atoms with Crippen LogP contribution in [0.4, 0.5) is 5.82 Å². The van der Waals surface area contributed by atoms with Crippen molar-refractivity contribution in [3.63, 3.8) is 0 Å². The van der Waals surface area contributed by atoms with Crippen molar-refractivity contribution >= 4 is 11.7 Å². The molecule has 0 fully saturated rings. The van der Waals surface area contributed by atoms with Crippen molar-refractivity contribution in [1.29, 1.82) is 0 Å². The number of rotatable bonds is 1. The number of nitrogens with zero attached hydrogens (tertiary/aromatic N) is 4. The molecule has 130 valence electrons. The highest BCUT2D eigenvalue weighted by Crippen LogP contribution is 2.22. The van der Waals surface area contributed by atoms with Crippen LogP contribution in [0.25, 0.3) is 11.5 Å². The largest absolute Gasteiger partial charge is 0.497 e. The Labute approximate surface area is 150 Å². The van der Waals surface area contributed by atoms with E-state index >= 15 is 0 Å². The highest BCUT2D eigenvalue weighted by atomic mass is 16.5. The number of amides is 1. The molecule has 1 aliphatic heterocycles. The number of anilines is 1. The molecule has 1 amide bonds. The quantitative estimate of drug-likeness (QED) is 0.685. The standard InChI is InChI=1S/C19H17N5O2/c1-26-14-9-8-13-5-2-3-10-24-12-20-23-18(24)16-6-4-7-17(21-16)22-19(25)15(13)11-14/h2-4,6-9,11-12H,5,10H2,1H3,(H,21,22,25)/b3-2-. The fourth-order valence-electron chi connectivity index (χ4n) is 2.87. The van der Waals surface area contributed by atoms with E-state index in [2.05, 4.69) is 20.5 Å². The van der Waals surface area contributed by atoms with Gasteiger partial charge in [0.2, 0.25) is 0 Å². The first kappa shape index (κ1) is 16.0. The number of pyridine rings is 1. The van der Waals surface area contributed by atoms with Gasteiger partial charge in [-0.2, -0.15) is 0 Å². The normalized spacial score (nSPS) is 14.7. The summed E-state index contributed by atoms with van der Waals surface area (Å²) in [5.74, 6) is 1.53. The van der Waals surface area contributed by atoms with E-state index < -0.39 is 0 Å². The Morgan fingerprint density at radius 3 is 3.00 bits per heavy atom. The number of fused-ring (bicyclic) bond motifs is 5. The number of benzene rings is 1. The topological polar surface area (TPSA) is 81.9 Å². The van der Waals surface area contributed by atoms with Gasteiger partial charge in [-0.25, -0.2) is 4.98 Å². The molecular weight excluding hydrogens is 330 g/mol. The number of hydrogen-bond donors (Lipinski definition) is 1. The predicted octanol–water partition coefficient (Wildman–Crippen LogP) is 2.71. The first-order valence-electron chi connectivity index (χ1n) is 8.23. The molecule has 1 aliphatic rings. The zero-order chi connectivity index (χ0) is 17.9. The molecule has 1 N–H and O–H groups in total. The van der Waals surface area contributed by atoms with Crippen LogP contribution in [-0.4, -0.2) is 32.8 Å². The van der Waals surface area contributed by atoms with Crippen molar-refractivity contribution < 1.29 is 9.53 Å². The van der Waals surface area contributed by atoms with E-state index in [9.17, 15) is 4.79 Å². The predicted molar refractivity (Wildman–Crippen MR) is 97.0 cm³/mol. The van der Waals surface area contributed by atoms with Gasteiger partial charge in [0.25, 0.3) is 5.91 Å². The Bertz CT molecular complexity index is 993. The van der Waals surface area contributed by atoms with Crippen LogP contribution < -0.4 is 10.1 Å². The molecule has 2 aromatic heterocycles. The average Bonchev–Trinajstić information content (AvgIpc) is 3.13. The maximum atomic E-state index is 12.8. The second kappa shape index (κ2) is 6.79. The summed E-state index contributed by atoms with van der Waals surface area (Å²) in [7, 11) is 1.58. The molecule has 7 heteroatoms. The number of carbonyl (C=O) groups excluding carboxylic acids is 1. The number of hydrogen-bond acceptors (Lipinski definition) is 5. The van der Waals surface area contributed by atoms with Crippen LogP contribution in [-0.2, 0) is 13.0 Å². The SMILES string of the molecule is COc1ccc2c(c1)C(=O)Nc1cccc(n1)-c1nncn1C/C=C\C2. The van der Waals surface area contributed by atoms with E-state index in [0.29, 0.717) is 41.6 Å². The third-order valence-electron chi connectivity index (χ3n) is 4.20. The van der Waals surface area contributed by atoms with Crippen molar-refractivity contribution in [2.24, 2.45) is 0 Å². The maximum absolute atomic E-state index is 12.8. The first-order valence-corrected chi connectivity index (χ1v) is 8.23. The molecule has 1 aromatic carbocycles. The van der Waals surface area contributed by atoms with E-state index in [1.807, 2.05) is 41.0 Å². The van der Waals surface area contributed by atoms with Crippen molar-refractivity contribution in [2.75, 3.05) is 12.4 Å². The van der Waals surface area contributed by atoms with Crippen LogP contribution in [0.1, 0.15) is 15.9 Å². The molecule has 0 spiro atoms. The highest BCUT2D eigenvalue weighted by Gasteiger charge is 2.15. The third kappa shape index (κ3) is 3.06. The molecule has 7 nitrogen and oxygen atoms in total. The molecular formula is C19H17N5O2. The molecule has 0 atom stereocenters. The van der Waals surface area contributed by atoms with Gasteiger partial charge in [0.05, 0.1) is 7.11 Å². The molecule has 0 aliphatic carbocycles. The second-order valence-electron chi connectivity index (χ2n) is 5.87. The summed E-state index contributed by atoms with van der Waals surface area (Å²) in [6.45, 7) is 0.626. The van der Waals surface area contributed by atoms with E-state index in [1.165, 1.54) is 0 Å². The molecule has 3 heterocycles. The minimum atomic E-state index is -0.224. The lowest BCUT2D eigenvalue weighted by molar-refractivity contribution is 0.102. The Hall–Kier alpha value is -3.48. The Balaban J connectivity index is 1.81. The van der Waals surface area contributed by atoms with Gasteiger partial charge in [0.1, 0.15) is 23.6 Å². The van der Waals surface area contributed by atoms with E-state index in [-0.39, 0.29) is 5.91 Å². The summed E-state index contributed by atoms with van der Waals surface area (Å²) in [4.78, 5) is 17.3. The average molecular weight is 347 g/mol. The number of aromatic nitrogens is 4. The van der Waals surface area contributed by atoms with Gasteiger partial charge in [-0.3, -0.25) is 4.79 Å². The number of ether oxygens (including phenoxy) is 1. The summed E-state index contributed by atoms with van der Waals surface area (Å²) in [5, 5.41) is 11.0. The minimum absolute atomic E-state index is 0.224. The second-order valence-corrected chi connectivity index (χ2v) is 5.87. The summed E-state index contributed by atoms with van der Waals surface area (Å²) in [6.07, 6.45) is 6.37. The number of allylic oxidation sites excluding steroid dienone is 2. The smallest absolute Gasteiger partial charge is 0.257 e. The summed E-state index contributed by atoms with van der Waals surface area (Å²) in [5.41, 5.74) is 2.14. The monoisotopic (exact) mass is 347 g/mol. The zero-order valence-electron chi connectivity index (χ0n) is 14.2. The van der Waals surface area contributed by atoms with Crippen LogP contribution in [0, 0.1) is 0 Å². The van der Waals surface area contributed by atoms with E-state index in [1.54, 1.807) is 25.6 Å². The lowest BCUT2D eigenvalue weighted by atomic mass is 10.0. The minimum Gasteiger partial charge on any atom is -0.497 e. The zero-order valence-corrected chi connectivity index (χ0v) is 14.2. The lowest BCUT2D eigenvalue weighted by Gasteiger charge is -2.11. The maximum Gasteiger partial charge on any atom is 0.257 e. The van der Waals surface area contributed by atoms with Crippen molar-refractivity contribution in [3.8, 4) is 17.3 Å².